The van der Waals surface area contributed by atoms with E-state index in [1.807, 2.05) is 30.5 Å². The predicted molar refractivity (Wildman–Crippen MR) is 86.9 cm³/mol. The summed E-state index contributed by atoms with van der Waals surface area (Å²) in [5.74, 6) is -0.0891. The summed E-state index contributed by atoms with van der Waals surface area (Å²) in [4.78, 5) is 18.9. The molecule has 0 atom stereocenters. The van der Waals surface area contributed by atoms with Crippen LogP contribution in [0.2, 0.25) is 5.02 Å². The molecule has 114 valence electrons. The van der Waals surface area contributed by atoms with E-state index in [0.29, 0.717) is 17.1 Å². The van der Waals surface area contributed by atoms with Crippen molar-refractivity contribution in [2.75, 3.05) is 13.6 Å². The first-order chi connectivity index (χ1) is 10.6. The standard InChI is InChI=1S/C17H18ClN3O/c1-21-7-6-14-13(11-21)8-19-10-15(14)17(22)20-9-12-4-2-3-5-16(12)18/h2-5,8,10H,6-7,9,11H2,1H3,(H,20,22). The lowest BCUT2D eigenvalue weighted by molar-refractivity contribution is 0.0948. The van der Waals surface area contributed by atoms with Gasteiger partial charge in [0.25, 0.3) is 5.91 Å². The number of benzene rings is 1. The number of nitrogens with zero attached hydrogens (tertiary/aromatic N) is 2. The molecule has 0 saturated carbocycles. The number of fused-ring (bicyclic) bond motifs is 1. The van der Waals surface area contributed by atoms with Crippen molar-refractivity contribution in [3.63, 3.8) is 0 Å². The molecule has 1 aliphatic heterocycles. The van der Waals surface area contributed by atoms with E-state index in [4.69, 9.17) is 11.6 Å². The van der Waals surface area contributed by atoms with E-state index in [1.54, 1.807) is 6.20 Å². The molecule has 0 unspecified atom stereocenters. The van der Waals surface area contributed by atoms with Gasteiger partial charge in [-0.05, 0) is 36.2 Å². The molecular formula is C17H18ClN3O. The molecule has 0 spiro atoms. The Balaban J connectivity index is 1.76. The van der Waals surface area contributed by atoms with Gasteiger partial charge in [0, 0.05) is 37.1 Å². The fourth-order valence-corrected chi connectivity index (χ4v) is 2.95. The maximum atomic E-state index is 12.5. The fourth-order valence-electron chi connectivity index (χ4n) is 2.74. The number of carbonyl (C=O) groups excluding carboxylic acids is 1. The number of amides is 1. The lowest BCUT2D eigenvalue weighted by Gasteiger charge is -2.26. The van der Waals surface area contributed by atoms with Crippen LogP contribution in [0, 0.1) is 0 Å². The molecule has 22 heavy (non-hydrogen) atoms. The minimum absolute atomic E-state index is 0.0891. The van der Waals surface area contributed by atoms with Crippen molar-refractivity contribution in [1.82, 2.24) is 15.2 Å². The number of likely N-dealkylation sites (N-methyl/N-ethyl adjacent to an activating group) is 1. The minimum atomic E-state index is -0.0891. The SMILES string of the molecule is CN1CCc2c(cncc2C(=O)NCc2ccccc2Cl)C1. The summed E-state index contributed by atoms with van der Waals surface area (Å²) in [6, 6.07) is 7.53. The smallest absolute Gasteiger partial charge is 0.253 e. The Morgan fingerprint density at radius 2 is 2.18 bits per heavy atom. The second kappa shape index (κ2) is 6.46. The number of halogens is 1. The van der Waals surface area contributed by atoms with Gasteiger partial charge >= 0.3 is 0 Å². The molecule has 0 radical (unpaired) electrons. The Kier molecular flexibility index (Phi) is 4.41. The molecule has 1 amide bonds. The normalized spacial score (nSPS) is 14.5. The average molecular weight is 316 g/mol. The number of hydrogen-bond acceptors (Lipinski definition) is 3. The molecule has 0 aliphatic carbocycles. The van der Waals surface area contributed by atoms with Crippen molar-refractivity contribution in [1.29, 1.82) is 0 Å². The minimum Gasteiger partial charge on any atom is -0.348 e. The maximum absolute atomic E-state index is 12.5. The van der Waals surface area contributed by atoms with Gasteiger partial charge in [0.15, 0.2) is 0 Å². The third-order valence-electron chi connectivity index (χ3n) is 3.97. The Morgan fingerprint density at radius 3 is 3.00 bits per heavy atom. The van der Waals surface area contributed by atoms with Gasteiger partial charge in [-0.1, -0.05) is 29.8 Å². The Labute approximate surface area is 135 Å². The summed E-state index contributed by atoms with van der Waals surface area (Å²) in [6.45, 7) is 2.22. The van der Waals surface area contributed by atoms with Gasteiger partial charge in [0.2, 0.25) is 0 Å². The van der Waals surface area contributed by atoms with Gasteiger partial charge in [-0.25, -0.2) is 0 Å². The van der Waals surface area contributed by atoms with Crippen LogP contribution in [-0.2, 0) is 19.5 Å². The summed E-state index contributed by atoms with van der Waals surface area (Å²) in [5.41, 5.74) is 3.84. The highest BCUT2D eigenvalue weighted by Gasteiger charge is 2.20. The van der Waals surface area contributed by atoms with E-state index in [1.165, 1.54) is 0 Å². The number of hydrogen-bond donors (Lipinski definition) is 1. The second-order valence-electron chi connectivity index (χ2n) is 5.59. The van der Waals surface area contributed by atoms with Crippen molar-refractivity contribution in [2.45, 2.75) is 19.5 Å². The fraction of sp³-hybridized carbons (Fsp3) is 0.294. The molecule has 3 rings (SSSR count). The highest BCUT2D eigenvalue weighted by molar-refractivity contribution is 6.31. The van der Waals surface area contributed by atoms with Crippen LogP contribution in [0.25, 0.3) is 0 Å². The van der Waals surface area contributed by atoms with E-state index < -0.39 is 0 Å². The zero-order valence-corrected chi connectivity index (χ0v) is 13.2. The topological polar surface area (TPSA) is 45.2 Å². The first-order valence-electron chi connectivity index (χ1n) is 7.31. The molecule has 1 aromatic carbocycles. The monoisotopic (exact) mass is 315 g/mol. The van der Waals surface area contributed by atoms with Crippen LogP contribution in [0.5, 0.6) is 0 Å². The van der Waals surface area contributed by atoms with Crippen molar-refractivity contribution in [2.24, 2.45) is 0 Å². The maximum Gasteiger partial charge on any atom is 0.253 e. The molecule has 0 bridgehead atoms. The molecule has 1 aliphatic rings. The number of carbonyl (C=O) groups is 1. The Bertz CT molecular complexity index is 702. The van der Waals surface area contributed by atoms with Crippen LogP contribution in [0.3, 0.4) is 0 Å². The van der Waals surface area contributed by atoms with Crippen molar-refractivity contribution >= 4 is 17.5 Å². The first kappa shape index (κ1) is 15.0. The first-order valence-corrected chi connectivity index (χ1v) is 7.69. The van der Waals surface area contributed by atoms with Crippen LogP contribution in [0.15, 0.2) is 36.7 Å². The molecule has 5 heteroatoms. The van der Waals surface area contributed by atoms with Crippen LogP contribution in [-0.4, -0.2) is 29.4 Å². The van der Waals surface area contributed by atoms with E-state index in [-0.39, 0.29) is 5.91 Å². The Morgan fingerprint density at radius 1 is 1.36 bits per heavy atom. The second-order valence-corrected chi connectivity index (χ2v) is 5.99. The van der Waals surface area contributed by atoms with E-state index in [2.05, 4.69) is 22.2 Å². The summed E-state index contributed by atoms with van der Waals surface area (Å²) < 4.78 is 0. The third-order valence-corrected chi connectivity index (χ3v) is 4.34. The molecular weight excluding hydrogens is 298 g/mol. The lowest BCUT2D eigenvalue weighted by atomic mass is 9.97. The van der Waals surface area contributed by atoms with E-state index in [0.717, 1.165) is 36.2 Å². The van der Waals surface area contributed by atoms with Crippen molar-refractivity contribution in [3.05, 3.63) is 63.9 Å². The zero-order chi connectivity index (χ0) is 15.5. The number of aromatic nitrogens is 1. The molecule has 0 saturated heterocycles. The van der Waals surface area contributed by atoms with Gasteiger partial charge in [0.1, 0.15) is 0 Å². The molecule has 2 aromatic rings. The van der Waals surface area contributed by atoms with Crippen molar-refractivity contribution < 1.29 is 4.79 Å². The number of nitrogens with one attached hydrogen (secondary N) is 1. The summed E-state index contributed by atoms with van der Waals surface area (Å²) in [5, 5.41) is 3.60. The molecule has 1 aromatic heterocycles. The summed E-state index contributed by atoms with van der Waals surface area (Å²) in [7, 11) is 2.08. The average Bonchev–Trinajstić information content (AvgIpc) is 2.53. The number of pyridine rings is 1. The van der Waals surface area contributed by atoms with Gasteiger partial charge in [-0.2, -0.15) is 0 Å². The quantitative estimate of drug-likeness (QED) is 0.947. The third kappa shape index (κ3) is 3.13. The van der Waals surface area contributed by atoms with Gasteiger partial charge in [-0.15, -0.1) is 0 Å². The van der Waals surface area contributed by atoms with Gasteiger partial charge < -0.3 is 10.2 Å². The largest absolute Gasteiger partial charge is 0.348 e. The van der Waals surface area contributed by atoms with E-state index in [9.17, 15) is 4.79 Å². The van der Waals surface area contributed by atoms with Crippen LogP contribution in [0.4, 0.5) is 0 Å². The van der Waals surface area contributed by atoms with E-state index >= 15 is 0 Å². The highest BCUT2D eigenvalue weighted by atomic mass is 35.5. The Hall–Kier alpha value is -1.91. The van der Waals surface area contributed by atoms with Crippen LogP contribution in [0.1, 0.15) is 27.0 Å². The van der Waals surface area contributed by atoms with Crippen LogP contribution >= 0.6 is 11.6 Å². The molecule has 2 heterocycles. The zero-order valence-electron chi connectivity index (χ0n) is 12.5. The predicted octanol–water partition coefficient (Wildman–Crippen LogP) is 2.65. The lowest BCUT2D eigenvalue weighted by Crippen LogP contribution is -2.31. The number of rotatable bonds is 3. The summed E-state index contributed by atoms with van der Waals surface area (Å²) >= 11 is 6.12. The highest BCUT2D eigenvalue weighted by Crippen LogP contribution is 2.21. The van der Waals surface area contributed by atoms with Gasteiger partial charge in [-0.3, -0.25) is 9.78 Å². The molecule has 1 N–H and O–H groups in total. The van der Waals surface area contributed by atoms with Crippen molar-refractivity contribution in [3.8, 4) is 0 Å². The van der Waals surface area contributed by atoms with Gasteiger partial charge in [0.05, 0.1) is 5.56 Å². The van der Waals surface area contributed by atoms with Crippen LogP contribution < -0.4 is 5.32 Å². The summed E-state index contributed by atoms with van der Waals surface area (Å²) in [6.07, 6.45) is 4.39. The molecule has 0 fully saturated rings. The molecule has 4 nitrogen and oxygen atoms in total.